The highest BCUT2D eigenvalue weighted by Gasteiger charge is 2.09. The molecule has 0 aromatic heterocycles. The number of carbonyl (C=O) groups excluding carboxylic acids is 2. The summed E-state index contributed by atoms with van der Waals surface area (Å²) in [5.41, 5.74) is 0. The van der Waals surface area contributed by atoms with Crippen LogP contribution in [0.1, 0.15) is 52.4 Å². The van der Waals surface area contributed by atoms with Crippen molar-refractivity contribution < 1.29 is 9.59 Å². The van der Waals surface area contributed by atoms with E-state index in [1.165, 1.54) is 19.3 Å². The Hall–Kier alpha value is -0.660. The van der Waals surface area contributed by atoms with Gasteiger partial charge in [0, 0.05) is 6.42 Å². The molecule has 0 aromatic rings. The average Bonchev–Trinajstić information content (AvgIpc) is 2.16. The molecule has 1 atom stereocenters. The van der Waals surface area contributed by atoms with E-state index in [0.717, 1.165) is 19.1 Å². The highest BCUT2D eigenvalue weighted by molar-refractivity contribution is 5.92. The molecule has 76 valence electrons. The number of rotatable bonds is 8. The fraction of sp³-hybridized carbons (Fsp3) is 0.818. The lowest BCUT2D eigenvalue weighted by molar-refractivity contribution is -0.126. The van der Waals surface area contributed by atoms with Crippen molar-refractivity contribution in [1.29, 1.82) is 0 Å². The van der Waals surface area contributed by atoms with Crippen LogP contribution in [0.2, 0.25) is 0 Å². The van der Waals surface area contributed by atoms with Crippen LogP contribution in [0.25, 0.3) is 0 Å². The van der Waals surface area contributed by atoms with Crippen LogP contribution < -0.4 is 0 Å². The smallest absolute Gasteiger partial charge is 0.142 e. The molecule has 0 saturated heterocycles. The van der Waals surface area contributed by atoms with E-state index in [9.17, 15) is 9.59 Å². The minimum absolute atomic E-state index is 0.0894. The van der Waals surface area contributed by atoms with Crippen LogP contribution in [-0.2, 0) is 9.59 Å². The Morgan fingerprint density at radius 3 is 2.38 bits per heavy atom. The lowest BCUT2D eigenvalue weighted by Gasteiger charge is -2.02. The molecule has 0 N–H and O–H groups in total. The van der Waals surface area contributed by atoms with Gasteiger partial charge in [-0.1, -0.05) is 32.6 Å². The lowest BCUT2D eigenvalue weighted by Crippen LogP contribution is -2.11. The molecule has 0 unspecified atom stereocenters. The van der Waals surface area contributed by atoms with Crippen LogP contribution in [-0.4, -0.2) is 12.1 Å². The predicted molar refractivity (Wildman–Crippen MR) is 53.6 cm³/mol. The standard InChI is InChI=1S/C11H20O2/c1-3-4-5-6-7-8-11(13)10(2)9-12/h9-10H,3-8H2,1-2H3/t10-/m1/s1. The minimum atomic E-state index is -0.397. The fourth-order valence-electron chi connectivity index (χ4n) is 1.21. The van der Waals surface area contributed by atoms with Gasteiger partial charge in [-0.05, 0) is 13.3 Å². The number of carbonyl (C=O) groups is 2. The van der Waals surface area contributed by atoms with Crippen molar-refractivity contribution in [2.45, 2.75) is 52.4 Å². The van der Waals surface area contributed by atoms with Crippen LogP contribution in [0.5, 0.6) is 0 Å². The molecule has 0 aliphatic heterocycles. The van der Waals surface area contributed by atoms with E-state index >= 15 is 0 Å². The highest BCUT2D eigenvalue weighted by Crippen LogP contribution is 2.07. The molecule has 0 amide bonds. The van der Waals surface area contributed by atoms with E-state index < -0.39 is 5.92 Å². The largest absolute Gasteiger partial charge is 0.303 e. The van der Waals surface area contributed by atoms with Gasteiger partial charge < -0.3 is 4.79 Å². The van der Waals surface area contributed by atoms with Gasteiger partial charge in [-0.3, -0.25) is 4.79 Å². The fourth-order valence-corrected chi connectivity index (χ4v) is 1.21. The minimum Gasteiger partial charge on any atom is -0.303 e. The third-order valence-corrected chi connectivity index (χ3v) is 2.24. The Kier molecular flexibility index (Phi) is 7.56. The molecule has 2 nitrogen and oxygen atoms in total. The summed E-state index contributed by atoms with van der Waals surface area (Å²) in [6.45, 7) is 3.83. The van der Waals surface area contributed by atoms with Crippen LogP contribution in [0.3, 0.4) is 0 Å². The van der Waals surface area contributed by atoms with Crippen LogP contribution >= 0.6 is 0 Å². The van der Waals surface area contributed by atoms with Gasteiger partial charge in [0.25, 0.3) is 0 Å². The Labute approximate surface area is 80.7 Å². The van der Waals surface area contributed by atoms with Gasteiger partial charge in [0.2, 0.25) is 0 Å². The normalized spacial score (nSPS) is 12.5. The molecule has 0 saturated carbocycles. The maximum absolute atomic E-state index is 11.2. The number of hydrogen-bond acceptors (Lipinski definition) is 2. The summed E-state index contributed by atoms with van der Waals surface area (Å²) in [4.78, 5) is 21.4. The molecule has 0 aliphatic carbocycles. The van der Waals surface area contributed by atoms with Crippen molar-refractivity contribution in [3.8, 4) is 0 Å². The van der Waals surface area contributed by atoms with E-state index in [1.54, 1.807) is 6.92 Å². The first kappa shape index (κ1) is 12.3. The van der Waals surface area contributed by atoms with Gasteiger partial charge in [-0.2, -0.15) is 0 Å². The maximum atomic E-state index is 11.2. The first-order valence-corrected chi connectivity index (χ1v) is 5.20. The van der Waals surface area contributed by atoms with Crippen LogP contribution in [0.4, 0.5) is 0 Å². The molecule has 0 rings (SSSR count). The van der Waals surface area contributed by atoms with E-state index in [1.807, 2.05) is 0 Å². The van der Waals surface area contributed by atoms with Crippen molar-refractivity contribution in [2.75, 3.05) is 0 Å². The molecular weight excluding hydrogens is 164 g/mol. The first-order valence-electron chi connectivity index (χ1n) is 5.20. The van der Waals surface area contributed by atoms with Gasteiger partial charge in [0.15, 0.2) is 0 Å². The van der Waals surface area contributed by atoms with Crippen molar-refractivity contribution in [3.63, 3.8) is 0 Å². The summed E-state index contributed by atoms with van der Waals surface area (Å²) in [6.07, 6.45) is 7.04. The van der Waals surface area contributed by atoms with Crippen molar-refractivity contribution in [3.05, 3.63) is 0 Å². The monoisotopic (exact) mass is 184 g/mol. The number of aldehydes is 1. The molecule has 2 heteroatoms. The summed E-state index contributed by atoms with van der Waals surface area (Å²) in [5.74, 6) is -0.308. The first-order chi connectivity index (χ1) is 6.22. The molecule has 0 fully saturated rings. The van der Waals surface area contributed by atoms with Gasteiger partial charge in [0.05, 0.1) is 5.92 Å². The zero-order valence-electron chi connectivity index (χ0n) is 8.71. The second kappa shape index (κ2) is 7.96. The summed E-state index contributed by atoms with van der Waals surface area (Å²) in [7, 11) is 0. The molecule has 0 aliphatic rings. The summed E-state index contributed by atoms with van der Waals surface area (Å²) in [6, 6.07) is 0. The average molecular weight is 184 g/mol. The van der Waals surface area contributed by atoms with Gasteiger partial charge in [0.1, 0.15) is 12.1 Å². The number of Topliss-reactive ketones (excluding diaryl/α,β-unsaturated/α-hetero) is 1. The topological polar surface area (TPSA) is 34.1 Å². The SMILES string of the molecule is CCCCCCCC(=O)[C@H](C)C=O. The third kappa shape index (κ3) is 6.50. The number of ketones is 1. The molecule has 0 spiro atoms. The quantitative estimate of drug-likeness (QED) is 0.330. The molecule has 0 aromatic carbocycles. The Morgan fingerprint density at radius 1 is 1.23 bits per heavy atom. The molecule has 13 heavy (non-hydrogen) atoms. The summed E-state index contributed by atoms with van der Waals surface area (Å²) in [5, 5.41) is 0. The Balaban J connectivity index is 3.32. The third-order valence-electron chi connectivity index (χ3n) is 2.24. The van der Waals surface area contributed by atoms with Gasteiger partial charge in [-0.25, -0.2) is 0 Å². The van der Waals surface area contributed by atoms with Crippen molar-refractivity contribution in [1.82, 2.24) is 0 Å². The van der Waals surface area contributed by atoms with Crippen molar-refractivity contribution >= 4 is 12.1 Å². The van der Waals surface area contributed by atoms with Gasteiger partial charge in [-0.15, -0.1) is 0 Å². The second-order valence-electron chi connectivity index (χ2n) is 3.56. The van der Waals surface area contributed by atoms with E-state index in [4.69, 9.17) is 0 Å². The number of hydrogen-bond donors (Lipinski definition) is 0. The van der Waals surface area contributed by atoms with Gasteiger partial charge >= 0.3 is 0 Å². The van der Waals surface area contributed by atoms with Crippen LogP contribution in [0, 0.1) is 5.92 Å². The molecular formula is C11H20O2. The molecule has 0 bridgehead atoms. The highest BCUT2D eigenvalue weighted by atomic mass is 16.1. The van der Waals surface area contributed by atoms with E-state index in [0.29, 0.717) is 6.42 Å². The Bertz CT molecular complexity index is 152. The van der Waals surface area contributed by atoms with Crippen molar-refractivity contribution in [2.24, 2.45) is 5.92 Å². The summed E-state index contributed by atoms with van der Waals surface area (Å²) < 4.78 is 0. The predicted octanol–water partition coefficient (Wildman–Crippen LogP) is 2.75. The zero-order valence-corrected chi connectivity index (χ0v) is 8.71. The zero-order chi connectivity index (χ0) is 10.1. The second-order valence-corrected chi connectivity index (χ2v) is 3.56. The molecule has 0 radical (unpaired) electrons. The number of unbranched alkanes of at least 4 members (excludes halogenated alkanes) is 4. The van der Waals surface area contributed by atoms with E-state index in [2.05, 4.69) is 6.92 Å². The maximum Gasteiger partial charge on any atom is 0.142 e. The Morgan fingerprint density at radius 2 is 1.85 bits per heavy atom. The lowest BCUT2D eigenvalue weighted by atomic mass is 10.0. The van der Waals surface area contributed by atoms with E-state index in [-0.39, 0.29) is 5.78 Å². The van der Waals surface area contributed by atoms with Crippen LogP contribution in [0.15, 0.2) is 0 Å². The molecule has 0 heterocycles. The summed E-state index contributed by atoms with van der Waals surface area (Å²) >= 11 is 0.